The number of aromatic nitrogens is 1. The van der Waals surface area contributed by atoms with Crippen molar-refractivity contribution in [1.29, 1.82) is 0 Å². The number of ether oxygens (including phenoxy) is 1. The van der Waals surface area contributed by atoms with Crippen molar-refractivity contribution in [2.45, 2.75) is 0 Å². The van der Waals surface area contributed by atoms with Crippen LogP contribution in [0.2, 0.25) is 5.02 Å². The number of hydrogen-bond donors (Lipinski definition) is 1. The van der Waals surface area contributed by atoms with E-state index >= 15 is 0 Å². The summed E-state index contributed by atoms with van der Waals surface area (Å²) >= 11 is 8.86. The summed E-state index contributed by atoms with van der Waals surface area (Å²) in [4.78, 5) is 25.0. The lowest BCUT2D eigenvalue weighted by molar-refractivity contribution is -0.384. The molecule has 0 aliphatic heterocycles. The van der Waals surface area contributed by atoms with Crippen molar-refractivity contribution >= 4 is 39.2 Å². The first-order valence-electron chi connectivity index (χ1n) is 5.39. The third kappa shape index (κ3) is 3.47. The fourth-order valence-electron chi connectivity index (χ4n) is 1.47. The van der Waals surface area contributed by atoms with Crippen molar-refractivity contribution in [3.63, 3.8) is 0 Å². The molecule has 0 aliphatic rings. The van der Waals surface area contributed by atoms with E-state index in [4.69, 9.17) is 21.4 Å². The summed E-state index contributed by atoms with van der Waals surface area (Å²) in [6.07, 6.45) is 1.37. The van der Waals surface area contributed by atoms with Crippen molar-refractivity contribution < 1.29 is 19.6 Å². The Morgan fingerprint density at radius 3 is 2.71 bits per heavy atom. The second-order valence-corrected chi connectivity index (χ2v) is 5.11. The van der Waals surface area contributed by atoms with Crippen LogP contribution in [-0.2, 0) is 0 Å². The second kappa shape index (κ2) is 6.06. The van der Waals surface area contributed by atoms with E-state index in [-0.39, 0.29) is 27.9 Å². The van der Waals surface area contributed by atoms with Crippen molar-refractivity contribution in [2.75, 3.05) is 0 Å². The maximum atomic E-state index is 11.1. The van der Waals surface area contributed by atoms with Gasteiger partial charge in [0.05, 0.1) is 4.92 Å². The summed E-state index contributed by atoms with van der Waals surface area (Å²) in [5, 5.41) is 19.6. The van der Waals surface area contributed by atoms with Gasteiger partial charge in [0.2, 0.25) is 5.88 Å². The first-order valence-corrected chi connectivity index (χ1v) is 6.56. The molecule has 1 N–H and O–H groups in total. The minimum atomic E-state index is -1.22. The topological polar surface area (TPSA) is 103 Å². The minimum Gasteiger partial charge on any atom is -0.477 e. The summed E-state index contributed by atoms with van der Waals surface area (Å²) in [5.41, 5.74) is -0.426. The van der Waals surface area contributed by atoms with E-state index in [1.54, 1.807) is 0 Å². The van der Waals surface area contributed by atoms with E-state index in [2.05, 4.69) is 20.9 Å². The Bertz CT molecular complexity index is 738. The maximum Gasteiger partial charge on any atom is 0.341 e. The fourth-order valence-corrected chi connectivity index (χ4v) is 2.04. The zero-order valence-corrected chi connectivity index (χ0v) is 12.5. The van der Waals surface area contributed by atoms with Crippen LogP contribution in [-0.4, -0.2) is 21.0 Å². The molecule has 1 heterocycles. The highest BCUT2D eigenvalue weighted by Gasteiger charge is 2.17. The van der Waals surface area contributed by atoms with Crippen LogP contribution in [0.3, 0.4) is 0 Å². The lowest BCUT2D eigenvalue weighted by atomic mass is 10.2. The Balaban J connectivity index is 2.37. The number of nitro benzene ring substituents is 1. The number of carbonyl (C=O) groups is 1. The minimum absolute atomic E-state index is 0.119. The molecule has 7 nitrogen and oxygen atoms in total. The highest BCUT2D eigenvalue weighted by molar-refractivity contribution is 9.10. The molecule has 0 spiro atoms. The number of carboxylic acid groups (broad SMARTS) is 1. The number of pyridine rings is 1. The maximum absolute atomic E-state index is 11.1. The Kier molecular flexibility index (Phi) is 4.39. The first kappa shape index (κ1) is 15.2. The van der Waals surface area contributed by atoms with Crippen molar-refractivity contribution in [1.82, 2.24) is 4.98 Å². The summed E-state index contributed by atoms with van der Waals surface area (Å²) in [7, 11) is 0. The van der Waals surface area contributed by atoms with Gasteiger partial charge in [-0.05, 0) is 28.1 Å². The molecule has 1 aromatic carbocycles. The average molecular weight is 374 g/mol. The molecule has 21 heavy (non-hydrogen) atoms. The Hall–Kier alpha value is -2.19. The molecule has 0 unspecified atom stereocenters. The molecule has 0 bridgehead atoms. The predicted octanol–water partition coefficient (Wildman–Crippen LogP) is 3.90. The van der Waals surface area contributed by atoms with Crippen LogP contribution in [0.15, 0.2) is 34.9 Å². The number of aromatic carboxylic acids is 1. The Morgan fingerprint density at radius 2 is 2.14 bits per heavy atom. The van der Waals surface area contributed by atoms with Crippen LogP contribution in [0.25, 0.3) is 0 Å². The molecule has 0 saturated heterocycles. The smallest absolute Gasteiger partial charge is 0.341 e. The van der Waals surface area contributed by atoms with Crippen LogP contribution < -0.4 is 4.74 Å². The molecular weight excluding hydrogens is 367 g/mol. The van der Waals surface area contributed by atoms with Gasteiger partial charge in [0.15, 0.2) is 0 Å². The van der Waals surface area contributed by atoms with Crippen molar-refractivity contribution in [3.05, 3.63) is 55.6 Å². The number of nitrogens with zero attached hydrogens (tertiary/aromatic N) is 2. The number of benzene rings is 1. The van der Waals surface area contributed by atoms with Gasteiger partial charge in [0.25, 0.3) is 5.69 Å². The third-order valence-corrected chi connectivity index (χ3v) is 3.11. The van der Waals surface area contributed by atoms with Gasteiger partial charge < -0.3 is 9.84 Å². The highest BCUT2D eigenvalue weighted by atomic mass is 79.9. The van der Waals surface area contributed by atoms with E-state index < -0.39 is 10.9 Å². The Morgan fingerprint density at radius 1 is 1.43 bits per heavy atom. The molecule has 0 amide bonds. The van der Waals surface area contributed by atoms with E-state index in [9.17, 15) is 14.9 Å². The molecular formula is C12H6BrClN2O5. The molecule has 0 fully saturated rings. The number of rotatable bonds is 4. The van der Waals surface area contributed by atoms with Gasteiger partial charge in [-0.25, -0.2) is 9.78 Å². The van der Waals surface area contributed by atoms with E-state index in [0.29, 0.717) is 4.47 Å². The normalized spacial score (nSPS) is 10.2. The van der Waals surface area contributed by atoms with Crippen molar-refractivity contribution in [2.24, 2.45) is 0 Å². The summed E-state index contributed by atoms with van der Waals surface area (Å²) < 4.78 is 5.80. The zero-order valence-electron chi connectivity index (χ0n) is 10.1. The largest absolute Gasteiger partial charge is 0.477 e. The SMILES string of the molecule is O=C(O)c1cc(Br)cnc1Oc1ccc([N+](=O)[O-])c(Cl)c1. The van der Waals surface area contributed by atoms with Crippen LogP contribution in [0.1, 0.15) is 10.4 Å². The molecule has 9 heteroatoms. The molecule has 2 aromatic rings. The molecule has 0 atom stereocenters. The number of hydrogen-bond acceptors (Lipinski definition) is 5. The van der Waals surface area contributed by atoms with Crippen molar-refractivity contribution in [3.8, 4) is 11.6 Å². The van der Waals surface area contributed by atoms with E-state index in [1.165, 1.54) is 24.4 Å². The number of nitro groups is 1. The van der Waals surface area contributed by atoms with Gasteiger partial charge in [0.1, 0.15) is 16.3 Å². The van der Waals surface area contributed by atoms with E-state index in [0.717, 1.165) is 6.07 Å². The van der Waals surface area contributed by atoms with Crippen LogP contribution >= 0.6 is 27.5 Å². The molecule has 108 valence electrons. The summed E-state index contributed by atoms with van der Waals surface area (Å²) in [6.45, 7) is 0. The molecule has 0 saturated carbocycles. The number of carboxylic acids is 1. The summed E-state index contributed by atoms with van der Waals surface area (Å²) in [6, 6.07) is 5.02. The van der Waals surface area contributed by atoms with Crippen LogP contribution in [0, 0.1) is 10.1 Å². The van der Waals surface area contributed by atoms with Gasteiger partial charge in [-0.1, -0.05) is 11.6 Å². The number of halogens is 2. The van der Waals surface area contributed by atoms with Gasteiger partial charge >= 0.3 is 5.97 Å². The quantitative estimate of drug-likeness (QED) is 0.644. The molecule has 2 rings (SSSR count). The Labute approximate surface area is 131 Å². The predicted molar refractivity (Wildman–Crippen MR) is 77.1 cm³/mol. The molecule has 1 aromatic heterocycles. The van der Waals surface area contributed by atoms with Gasteiger partial charge in [-0.3, -0.25) is 10.1 Å². The zero-order chi connectivity index (χ0) is 15.6. The second-order valence-electron chi connectivity index (χ2n) is 3.78. The lowest BCUT2D eigenvalue weighted by Gasteiger charge is -2.08. The molecule has 0 aliphatic carbocycles. The summed E-state index contributed by atoms with van der Waals surface area (Å²) in [5.74, 6) is -1.22. The van der Waals surface area contributed by atoms with Gasteiger partial charge in [-0.15, -0.1) is 0 Å². The first-order chi connectivity index (χ1) is 9.88. The third-order valence-electron chi connectivity index (χ3n) is 2.38. The fraction of sp³-hybridized carbons (Fsp3) is 0. The average Bonchev–Trinajstić information content (AvgIpc) is 2.40. The van der Waals surface area contributed by atoms with E-state index in [1.807, 2.05) is 0 Å². The lowest BCUT2D eigenvalue weighted by Crippen LogP contribution is -2.02. The van der Waals surface area contributed by atoms with Crippen LogP contribution in [0.5, 0.6) is 11.6 Å². The molecule has 0 radical (unpaired) electrons. The highest BCUT2D eigenvalue weighted by Crippen LogP contribution is 2.31. The standard InChI is InChI=1S/C12H6BrClN2O5/c13-6-3-8(12(17)18)11(15-5-6)21-7-1-2-10(16(19)20)9(14)4-7/h1-5H,(H,17,18). The van der Waals surface area contributed by atoms with Crippen LogP contribution in [0.4, 0.5) is 5.69 Å². The monoisotopic (exact) mass is 372 g/mol. The van der Waals surface area contributed by atoms with Gasteiger partial charge in [0, 0.05) is 22.8 Å². The van der Waals surface area contributed by atoms with Gasteiger partial charge in [-0.2, -0.15) is 0 Å².